The van der Waals surface area contributed by atoms with Crippen LogP contribution in [0.2, 0.25) is 0 Å². The highest BCUT2D eigenvalue weighted by Gasteiger charge is 2.34. The van der Waals surface area contributed by atoms with Crippen LogP contribution in [0, 0.1) is 0 Å². The number of rotatable bonds is 6. The monoisotopic (exact) mass is 453 g/mol. The number of benzene rings is 1. The van der Waals surface area contributed by atoms with E-state index in [1.165, 1.54) is 10.4 Å². The molecule has 1 saturated heterocycles. The van der Waals surface area contributed by atoms with Crippen molar-refractivity contribution in [2.75, 3.05) is 26.2 Å². The summed E-state index contributed by atoms with van der Waals surface area (Å²) in [4.78, 5) is 23.7. The largest absolute Gasteiger partial charge is 0.492 e. The van der Waals surface area contributed by atoms with Crippen molar-refractivity contribution in [3.63, 3.8) is 0 Å². The molecule has 1 aromatic carbocycles. The fraction of sp³-hybridized carbons (Fsp3) is 0.478. The zero-order valence-electron chi connectivity index (χ0n) is 18.5. The Labute approximate surface area is 190 Å². The van der Waals surface area contributed by atoms with Gasteiger partial charge in [-0.05, 0) is 38.5 Å². The number of hydrogen-bond donors (Lipinski definition) is 1. The Morgan fingerprint density at radius 1 is 1.38 bits per heavy atom. The normalized spacial score (nSPS) is 18.3. The van der Waals surface area contributed by atoms with E-state index < -0.39 is 5.60 Å². The molecule has 1 N–H and O–H groups in total. The van der Waals surface area contributed by atoms with Crippen LogP contribution in [0.3, 0.4) is 0 Å². The number of aliphatic hydroxyl groups is 1. The number of aromatic nitrogens is 4. The maximum absolute atomic E-state index is 11.0. The van der Waals surface area contributed by atoms with Gasteiger partial charge in [0.2, 0.25) is 0 Å². The molecule has 1 unspecified atom stereocenters. The van der Waals surface area contributed by atoms with Gasteiger partial charge >= 0.3 is 0 Å². The molecular weight excluding hydrogens is 426 g/mol. The molecule has 3 aromatic rings. The van der Waals surface area contributed by atoms with Gasteiger partial charge < -0.3 is 14.6 Å². The maximum Gasteiger partial charge on any atom is 0.187 e. The Kier molecular flexibility index (Phi) is 5.35. The molecule has 0 amide bonds. The highest BCUT2D eigenvalue weighted by molar-refractivity contribution is 7.15. The molecule has 9 heteroatoms. The molecule has 2 aliphatic rings. The van der Waals surface area contributed by atoms with E-state index in [-0.39, 0.29) is 6.04 Å². The molecule has 0 radical (unpaired) electrons. The number of ether oxygens (including phenoxy) is 1. The van der Waals surface area contributed by atoms with Crippen molar-refractivity contribution in [1.82, 2.24) is 24.6 Å². The van der Waals surface area contributed by atoms with Crippen LogP contribution in [0.15, 0.2) is 24.5 Å². The van der Waals surface area contributed by atoms with E-state index in [1.807, 2.05) is 4.68 Å². The van der Waals surface area contributed by atoms with E-state index in [4.69, 9.17) is 9.72 Å². The minimum Gasteiger partial charge on any atom is -0.492 e. The Bertz CT molecular complexity index is 1150. The van der Waals surface area contributed by atoms with Gasteiger partial charge in [0, 0.05) is 48.5 Å². The molecule has 0 saturated carbocycles. The summed E-state index contributed by atoms with van der Waals surface area (Å²) in [6, 6.07) is 6.59. The first-order chi connectivity index (χ1) is 15.3. The summed E-state index contributed by atoms with van der Waals surface area (Å²) in [5.74, 6) is 2.03. The van der Waals surface area contributed by atoms with Crippen molar-refractivity contribution in [3.05, 3.63) is 35.0 Å². The van der Waals surface area contributed by atoms with Crippen LogP contribution in [-0.4, -0.2) is 67.9 Å². The molecule has 0 aliphatic carbocycles. The zero-order chi connectivity index (χ0) is 22.5. The smallest absolute Gasteiger partial charge is 0.187 e. The predicted molar refractivity (Wildman–Crippen MR) is 122 cm³/mol. The van der Waals surface area contributed by atoms with Crippen LogP contribution >= 0.6 is 11.3 Å². The Balaban J connectivity index is 1.39. The van der Waals surface area contributed by atoms with Crippen LogP contribution in [0.1, 0.15) is 43.2 Å². The molecular formula is C23H27N5O3S. The first-order valence-electron chi connectivity index (χ1n) is 10.9. The van der Waals surface area contributed by atoms with E-state index in [0.29, 0.717) is 25.4 Å². The van der Waals surface area contributed by atoms with Crippen LogP contribution in [-0.2, 0) is 11.2 Å². The van der Waals surface area contributed by atoms with Gasteiger partial charge in [-0.1, -0.05) is 6.07 Å². The van der Waals surface area contributed by atoms with Gasteiger partial charge in [-0.3, -0.25) is 4.90 Å². The highest BCUT2D eigenvalue weighted by atomic mass is 32.1. The summed E-state index contributed by atoms with van der Waals surface area (Å²) < 4.78 is 8.01. The quantitative estimate of drug-likeness (QED) is 0.574. The molecule has 1 fully saturated rings. The summed E-state index contributed by atoms with van der Waals surface area (Å²) in [6.45, 7) is 8.33. The van der Waals surface area contributed by atoms with Crippen LogP contribution in [0.25, 0.3) is 22.1 Å². The molecule has 4 heterocycles. The molecule has 2 aromatic heterocycles. The van der Waals surface area contributed by atoms with E-state index in [9.17, 15) is 9.90 Å². The van der Waals surface area contributed by atoms with Gasteiger partial charge in [0.1, 0.15) is 17.7 Å². The van der Waals surface area contributed by atoms with Gasteiger partial charge in [-0.25, -0.2) is 14.6 Å². The summed E-state index contributed by atoms with van der Waals surface area (Å²) in [6.07, 6.45) is 3.01. The lowest BCUT2D eigenvalue weighted by molar-refractivity contribution is -0.125. The maximum atomic E-state index is 11.0. The second-order valence-electron chi connectivity index (χ2n) is 9.13. The Hall–Kier alpha value is -2.62. The lowest BCUT2D eigenvalue weighted by Crippen LogP contribution is -2.52. The Morgan fingerprint density at radius 3 is 2.94 bits per heavy atom. The lowest BCUT2D eigenvalue weighted by Gasteiger charge is -2.42. The van der Waals surface area contributed by atoms with Crippen molar-refractivity contribution in [2.45, 2.75) is 44.8 Å². The van der Waals surface area contributed by atoms with Crippen LogP contribution < -0.4 is 4.74 Å². The van der Waals surface area contributed by atoms with Crippen LogP contribution in [0.4, 0.5) is 0 Å². The second kappa shape index (κ2) is 8.06. The van der Waals surface area contributed by atoms with E-state index >= 15 is 0 Å². The van der Waals surface area contributed by atoms with Crippen molar-refractivity contribution in [2.24, 2.45) is 0 Å². The van der Waals surface area contributed by atoms with Gasteiger partial charge in [-0.15, -0.1) is 11.3 Å². The molecule has 168 valence electrons. The topological polar surface area (TPSA) is 93.4 Å². The van der Waals surface area contributed by atoms with E-state index in [2.05, 4.69) is 47.0 Å². The van der Waals surface area contributed by atoms with Gasteiger partial charge in [-0.2, -0.15) is 5.10 Å². The van der Waals surface area contributed by atoms with Crippen LogP contribution in [0.5, 0.6) is 5.75 Å². The number of likely N-dealkylation sites (tertiary alicyclic amines) is 1. The minimum atomic E-state index is -1.29. The van der Waals surface area contributed by atoms with Gasteiger partial charge in [0.15, 0.2) is 17.1 Å². The van der Waals surface area contributed by atoms with Gasteiger partial charge in [0.25, 0.3) is 0 Å². The third-order valence-corrected chi connectivity index (χ3v) is 7.14. The van der Waals surface area contributed by atoms with Crippen molar-refractivity contribution in [3.8, 4) is 27.8 Å². The Morgan fingerprint density at radius 2 is 2.19 bits per heavy atom. The summed E-state index contributed by atoms with van der Waals surface area (Å²) in [5, 5.41) is 15.2. The molecule has 1 atom stereocenters. The lowest BCUT2D eigenvalue weighted by atomic mass is 9.89. The molecule has 0 bridgehead atoms. The molecule has 2 aliphatic heterocycles. The third-order valence-electron chi connectivity index (χ3n) is 6.02. The number of β-amino-alcohol motifs (C(OH)–C–C–N with tert-alkyl or cyclic N) is 1. The summed E-state index contributed by atoms with van der Waals surface area (Å²) in [7, 11) is 0. The van der Waals surface area contributed by atoms with Crippen molar-refractivity contribution < 1.29 is 14.6 Å². The SMILES string of the molecule is CC(C)n1ncnc1-c1nc2c(s1)CCOc1cc(C3CN(CC(C)(O)C=O)C3)ccc1-2. The number of aldehydes is 1. The summed E-state index contributed by atoms with van der Waals surface area (Å²) >= 11 is 1.66. The van der Waals surface area contributed by atoms with Crippen molar-refractivity contribution >= 4 is 17.6 Å². The number of thiazole rings is 1. The zero-order valence-corrected chi connectivity index (χ0v) is 19.3. The fourth-order valence-electron chi connectivity index (χ4n) is 4.37. The number of hydrogen-bond acceptors (Lipinski definition) is 8. The first-order valence-corrected chi connectivity index (χ1v) is 11.7. The first kappa shape index (κ1) is 21.2. The molecule has 8 nitrogen and oxygen atoms in total. The molecule has 0 spiro atoms. The van der Waals surface area contributed by atoms with E-state index in [0.717, 1.165) is 47.3 Å². The average molecular weight is 454 g/mol. The fourth-order valence-corrected chi connectivity index (χ4v) is 5.42. The summed E-state index contributed by atoms with van der Waals surface area (Å²) in [5.41, 5.74) is 1.91. The third kappa shape index (κ3) is 3.85. The molecule has 5 rings (SSSR count). The second-order valence-corrected chi connectivity index (χ2v) is 10.2. The average Bonchev–Trinajstić information content (AvgIpc) is 3.34. The number of fused-ring (bicyclic) bond motifs is 3. The van der Waals surface area contributed by atoms with Crippen molar-refractivity contribution in [1.29, 1.82) is 0 Å². The predicted octanol–water partition coefficient (Wildman–Crippen LogP) is 2.93. The number of carbonyl (C=O) groups is 1. The van der Waals surface area contributed by atoms with Gasteiger partial charge in [0.05, 0.1) is 12.3 Å². The standard InChI is InChI=1S/C23H27N5O3S/c1-14(2)28-21(24-13-25-28)22-26-20-17-5-4-15(8-18(17)31-7-6-19(20)32-22)16-9-27(10-16)11-23(3,30)12-29/h4-5,8,12-14,16,30H,6-7,9-11H2,1-3H3. The minimum absolute atomic E-state index is 0.214. The molecule has 32 heavy (non-hydrogen) atoms. The number of nitrogens with zero attached hydrogens (tertiary/aromatic N) is 5. The highest BCUT2D eigenvalue weighted by Crippen LogP contribution is 2.42. The number of carbonyl (C=O) groups excluding carboxylic acids is 1. The van der Waals surface area contributed by atoms with E-state index in [1.54, 1.807) is 24.6 Å².